The van der Waals surface area contributed by atoms with Crippen LogP contribution in [0.3, 0.4) is 0 Å². The minimum Gasteiger partial charge on any atom is -0.398 e. The summed E-state index contributed by atoms with van der Waals surface area (Å²) < 4.78 is 0. The van der Waals surface area contributed by atoms with E-state index in [-0.39, 0.29) is 5.91 Å². The predicted octanol–water partition coefficient (Wildman–Crippen LogP) is 2.32. The quantitative estimate of drug-likeness (QED) is 0.610. The van der Waals surface area contributed by atoms with E-state index >= 15 is 0 Å². The van der Waals surface area contributed by atoms with Crippen LogP contribution in [-0.4, -0.2) is 5.91 Å². The molecule has 0 aliphatic rings. The van der Waals surface area contributed by atoms with Crippen LogP contribution in [0.5, 0.6) is 0 Å². The molecule has 1 aromatic rings. The number of carbonyl (C=O) groups is 1. The lowest BCUT2D eigenvalue weighted by Crippen LogP contribution is -2.23. The molecule has 0 bridgehead atoms. The SMILES string of the molecule is C=CC[CH]C(=O)NCc1ccc(Cl)cc1N. The molecule has 0 saturated carbocycles. The molecule has 0 fully saturated rings. The number of hydrogen-bond donors (Lipinski definition) is 2. The van der Waals surface area contributed by atoms with Gasteiger partial charge in [-0.25, -0.2) is 0 Å². The molecule has 85 valence electrons. The molecule has 3 N–H and O–H groups in total. The van der Waals surface area contributed by atoms with Crippen molar-refractivity contribution in [2.45, 2.75) is 13.0 Å². The van der Waals surface area contributed by atoms with Gasteiger partial charge in [-0.1, -0.05) is 23.7 Å². The van der Waals surface area contributed by atoms with Crippen molar-refractivity contribution in [2.75, 3.05) is 5.73 Å². The van der Waals surface area contributed by atoms with E-state index in [1.165, 1.54) is 6.42 Å². The average Bonchev–Trinajstić information content (AvgIpc) is 2.25. The van der Waals surface area contributed by atoms with Crippen LogP contribution in [0.1, 0.15) is 12.0 Å². The first-order valence-electron chi connectivity index (χ1n) is 4.89. The molecule has 1 radical (unpaired) electrons. The molecular formula is C12H14ClN2O. The zero-order valence-corrected chi connectivity index (χ0v) is 9.63. The maximum Gasteiger partial charge on any atom is 0.224 e. The number of nitrogens with one attached hydrogen (secondary N) is 1. The van der Waals surface area contributed by atoms with Gasteiger partial charge >= 0.3 is 0 Å². The third-order valence-electron chi connectivity index (χ3n) is 2.03. The predicted molar refractivity (Wildman–Crippen MR) is 66.8 cm³/mol. The Morgan fingerprint density at radius 3 is 2.94 bits per heavy atom. The second-order valence-corrected chi connectivity index (χ2v) is 3.73. The van der Waals surface area contributed by atoms with Crippen LogP contribution < -0.4 is 11.1 Å². The first-order chi connectivity index (χ1) is 7.63. The molecule has 0 spiro atoms. The molecule has 0 aromatic heterocycles. The number of nitrogen functional groups attached to an aromatic ring is 1. The number of benzene rings is 1. The Labute approximate surface area is 100 Å². The van der Waals surface area contributed by atoms with E-state index in [1.807, 2.05) is 0 Å². The number of halogens is 1. The highest BCUT2D eigenvalue weighted by Crippen LogP contribution is 2.17. The molecule has 0 aliphatic heterocycles. The van der Waals surface area contributed by atoms with Crippen molar-refractivity contribution in [1.29, 1.82) is 0 Å². The number of carbonyl (C=O) groups excluding carboxylic acids is 1. The van der Waals surface area contributed by atoms with Gasteiger partial charge in [-0.15, -0.1) is 6.58 Å². The van der Waals surface area contributed by atoms with Crippen LogP contribution in [0, 0.1) is 6.42 Å². The Morgan fingerprint density at radius 1 is 1.56 bits per heavy atom. The molecular weight excluding hydrogens is 224 g/mol. The lowest BCUT2D eigenvalue weighted by atomic mass is 10.2. The molecule has 1 aromatic carbocycles. The topological polar surface area (TPSA) is 55.1 Å². The first kappa shape index (κ1) is 12.6. The Balaban J connectivity index is 2.48. The summed E-state index contributed by atoms with van der Waals surface area (Å²) in [5.41, 5.74) is 7.18. The van der Waals surface area contributed by atoms with Crippen molar-refractivity contribution in [1.82, 2.24) is 5.32 Å². The molecule has 0 unspecified atom stereocenters. The smallest absolute Gasteiger partial charge is 0.224 e. The highest BCUT2D eigenvalue weighted by Gasteiger charge is 2.03. The van der Waals surface area contributed by atoms with Gasteiger partial charge in [-0.3, -0.25) is 4.79 Å². The summed E-state index contributed by atoms with van der Waals surface area (Å²) in [5.74, 6) is -0.130. The molecule has 1 rings (SSSR count). The fourth-order valence-electron chi connectivity index (χ4n) is 1.17. The zero-order chi connectivity index (χ0) is 12.0. The second-order valence-electron chi connectivity index (χ2n) is 3.29. The summed E-state index contributed by atoms with van der Waals surface area (Å²) >= 11 is 5.76. The van der Waals surface area contributed by atoms with Crippen molar-refractivity contribution >= 4 is 23.2 Å². The first-order valence-corrected chi connectivity index (χ1v) is 5.27. The van der Waals surface area contributed by atoms with Crippen LogP contribution in [0.25, 0.3) is 0 Å². The third-order valence-corrected chi connectivity index (χ3v) is 2.27. The second kappa shape index (κ2) is 6.18. The molecule has 16 heavy (non-hydrogen) atoms. The fraction of sp³-hybridized carbons (Fsp3) is 0.167. The van der Waals surface area contributed by atoms with Gasteiger partial charge in [0.1, 0.15) is 0 Å². The summed E-state index contributed by atoms with van der Waals surface area (Å²) in [7, 11) is 0. The summed E-state index contributed by atoms with van der Waals surface area (Å²) in [5, 5.41) is 3.32. The molecule has 4 heteroatoms. The lowest BCUT2D eigenvalue weighted by Gasteiger charge is -2.07. The zero-order valence-electron chi connectivity index (χ0n) is 8.87. The highest BCUT2D eigenvalue weighted by molar-refractivity contribution is 6.30. The normalized spacial score (nSPS) is 9.81. The molecule has 0 saturated heterocycles. The number of rotatable bonds is 5. The molecule has 0 heterocycles. The minimum atomic E-state index is -0.130. The van der Waals surface area contributed by atoms with E-state index in [4.69, 9.17) is 17.3 Å². The fourth-order valence-corrected chi connectivity index (χ4v) is 1.35. The largest absolute Gasteiger partial charge is 0.398 e. The van der Waals surface area contributed by atoms with E-state index in [0.717, 1.165) is 5.56 Å². The standard InChI is InChI=1S/C12H14ClN2O/c1-2-3-4-12(16)15-8-9-5-6-10(13)7-11(9)14/h2,4-7H,1,3,8,14H2,(H,15,16). The van der Waals surface area contributed by atoms with E-state index in [1.54, 1.807) is 24.3 Å². The Kier molecular flexibility index (Phi) is 4.86. The number of nitrogens with two attached hydrogens (primary N) is 1. The maximum absolute atomic E-state index is 11.3. The minimum absolute atomic E-state index is 0.130. The van der Waals surface area contributed by atoms with Gasteiger partial charge in [-0.2, -0.15) is 0 Å². The van der Waals surface area contributed by atoms with Crippen LogP contribution in [0.4, 0.5) is 5.69 Å². The Hall–Kier alpha value is -1.48. The van der Waals surface area contributed by atoms with Crippen molar-refractivity contribution in [3.05, 3.63) is 47.9 Å². The van der Waals surface area contributed by atoms with Gasteiger partial charge in [0.15, 0.2) is 0 Å². The summed E-state index contributed by atoms with van der Waals surface area (Å²) in [4.78, 5) is 11.3. The number of anilines is 1. The lowest BCUT2D eigenvalue weighted by molar-refractivity contribution is -0.118. The van der Waals surface area contributed by atoms with Crippen LogP contribution in [-0.2, 0) is 11.3 Å². The number of allylic oxidation sites excluding steroid dienone is 1. The monoisotopic (exact) mass is 237 g/mol. The molecule has 1 amide bonds. The van der Waals surface area contributed by atoms with E-state index in [2.05, 4.69) is 11.9 Å². The molecule has 0 atom stereocenters. The molecule has 3 nitrogen and oxygen atoms in total. The van der Waals surface area contributed by atoms with Crippen LogP contribution >= 0.6 is 11.6 Å². The highest BCUT2D eigenvalue weighted by atomic mass is 35.5. The number of hydrogen-bond acceptors (Lipinski definition) is 2. The van der Waals surface area contributed by atoms with Crippen LogP contribution in [0.15, 0.2) is 30.9 Å². The third kappa shape index (κ3) is 3.95. The summed E-state index contributed by atoms with van der Waals surface area (Å²) in [6.45, 7) is 3.93. The number of amides is 1. The van der Waals surface area contributed by atoms with Gasteiger partial charge in [0.2, 0.25) is 5.91 Å². The summed E-state index contributed by atoms with van der Waals surface area (Å²) in [6, 6.07) is 5.20. The Morgan fingerprint density at radius 2 is 2.31 bits per heavy atom. The maximum atomic E-state index is 11.3. The van der Waals surface area contributed by atoms with Gasteiger partial charge in [-0.05, 0) is 24.1 Å². The summed E-state index contributed by atoms with van der Waals surface area (Å²) in [6.07, 6.45) is 3.75. The van der Waals surface area contributed by atoms with Crippen molar-refractivity contribution < 1.29 is 4.79 Å². The van der Waals surface area contributed by atoms with Gasteiger partial charge in [0.05, 0.1) is 6.42 Å². The molecule has 0 aliphatic carbocycles. The average molecular weight is 238 g/mol. The van der Waals surface area contributed by atoms with E-state index in [0.29, 0.717) is 23.7 Å². The van der Waals surface area contributed by atoms with Gasteiger partial charge in [0, 0.05) is 17.3 Å². The Bertz CT molecular complexity index is 391. The van der Waals surface area contributed by atoms with Crippen molar-refractivity contribution in [3.8, 4) is 0 Å². The van der Waals surface area contributed by atoms with E-state index < -0.39 is 0 Å². The van der Waals surface area contributed by atoms with Crippen molar-refractivity contribution in [3.63, 3.8) is 0 Å². The van der Waals surface area contributed by atoms with Gasteiger partial charge in [0.25, 0.3) is 0 Å². The van der Waals surface area contributed by atoms with E-state index in [9.17, 15) is 4.79 Å². The van der Waals surface area contributed by atoms with Crippen molar-refractivity contribution in [2.24, 2.45) is 0 Å². The van der Waals surface area contributed by atoms with Crippen LogP contribution in [0.2, 0.25) is 5.02 Å². The van der Waals surface area contributed by atoms with Gasteiger partial charge < -0.3 is 11.1 Å².